The number of benzene rings is 1. The molecule has 0 aliphatic carbocycles. The molecule has 1 aromatic carbocycles. The van der Waals surface area contributed by atoms with Gasteiger partial charge in [-0.05, 0) is 32.9 Å². The fourth-order valence-corrected chi connectivity index (χ4v) is 1.73. The van der Waals surface area contributed by atoms with Gasteiger partial charge in [-0.2, -0.15) is 5.10 Å². The molecule has 0 aliphatic heterocycles. The molecule has 4 heteroatoms. The van der Waals surface area contributed by atoms with Crippen LogP contribution in [0, 0.1) is 13.8 Å². The van der Waals surface area contributed by atoms with Crippen LogP contribution in [-0.2, 0) is 6.54 Å². The first-order valence-corrected chi connectivity index (χ1v) is 5.78. The molecule has 1 heterocycles. The largest absolute Gasteiger partial charge is 0.394 e. The van der Waals surface area contributed by atoms with Gasteiger partial charge in [0.15, 0.2) is 5.82 Å². The fourth-order valence-electron chi connectivity index (χ4n) is 1.73. The van der Waals surface area contributed by atoms with E-state index < -0.39 is 0 Å². The number of nitrogens with two attached hydrogens (primary N) is 1. The zero-order chi connectivity index (χ0) is 12.4. The Bertz CT molecular complexity index is 511. The van der Waals surface area contributed by atoms with Crippen LogP contribution in [-0.4, -0.2) is 9.78 Å². The third-order valence-electron chi connectivity index (χ3n) is 2.79. The first kappa shape index (κ1) is 11.5. The second-order valence-electron chi connectivity index (χ2n) is 4.15. The Kier molecular flexibility index (Phi) is 3.04. The molecule has 2 aromatic rings. The van der Waals surface area contributed by atoms with Crippen LogP contribution in [0.3, 0.4) is 0 Å². The normalized spacial score (nSPS) is 10.5. The minimum absolute atomic E-state index is 0.715. The Morgan fingerprint density at radius 2 is 1.88 bits per heavy atom. The van der Waals surface area contributed by atoms with Crippen LogP contribution in [0.15, 0.2) is 24.3 Å². The molecule has 0 atom stereocenters. The summed E-state index contributed by atoms with van der Waals surface area (Å²) >= 11 is 0. The maximum Gasteiger partial charge on any atom is 0.152 e. The highest BCUT2D eigenvalue weighted by atomic mass is 15.3. The molecule has 1 aromatic heterocycles. The van der Waals surface area contributed by atoms with Crippen molar-refractivity contribution in [1.82, 2.24) is 9.78 Å². The van der Waals surface area contributed by atoms with Crippen LogP contribution in [0.4, 0.5) is 17.2 Å². The van der Waals surface area contributed by atoms with E-state index in [-0.39, 0.29) is 0 Å². The topological polar surface area (TPSA) is 55.9 Å². The molecule has 0 spiro atoms. The average Bonchev–Trinajstić information content (AvgIpc) is 2.59. The van der Waals surface area contributed by atoms with Gasteiger partial charge < -0.3 is 11.1 Å². The van der Waals surface area contributed by atoms with Gasteiger partial charge in [-0.1, -0.05) is 17.7 Å². The van der Waals surface area contributed by atoms with Gasteiger partial charge in [0.25, 0.3) is 0 Å². The molecule has 3 N–H and O–H groups in total. The van der Waals surface area contributed by atoms with Crippen molar-refractivity contribution >= 4 is 17.2 Å². The summed E-state index contributed by atoms with van der Waals surface area (Å²) in [5, 5.41) is 7.69. The quantitative estimate of drug-likeness (QED) is 0.852. The van der Waals surface area contributed by atoms with Crippen molar-refractivity contribution < 1.29 is 0 Å². The Hall–Kier alpha value is -1.97. The first-order chi connectivity index (χ1) is 8.11. The number of nitrogen functional groups attached to an aromatic ring is 1. The lowest BCUT2D eigenvalue weighted by molar-refractivity contribution is 0.661. The zero-order valence-electron chi connectivity index (χ0n) is 10.5. The Balaban J connectivity index is 2.32. The SMILES string of the molecule is CCn1nc(C)c(N)c1Nc1ccc(C)cc1. The number of hydrogen-bond donors (Lipinski definition) is 2. The molecule has 0 unspecified atom stereocenters. The standard InChI is InChI=1S/C13H18N4/c1-4-17-13(12(14)10(3)16-17)15-11-7-5-9(2)6-8-11/h5-8,15H,4,14H2,1-3H3. The average molecular weight is 230 g/mol. The smallest absolute Gasteiger partial charge is 0.152 e. The number of aryl methyl sites for hydroxylation is 3. The van der Waals surface area contributed by atoms with Gasteiger partial charge in [0.05, 0.1) is 11.4 Å². The molecule has 0 aliphatic rings. The summed E-state index contributed by atoms with van der Waals surface area (Å²) in [5.74, 6) is 0.869. The number of nitrogens with zero attached hydrogens (tertiary/aromatic N) is 2. The van der Waals surface area contributed by atoms with Gasteiger partial charge in [0.2, 0.25) is 0 Å². The third-order valence-corrected chi connectivity index (χ3v) is 2.79. The lowest BCUT2D eigenvalue weighted by atomic mass is 10.2. The number of rotatable bonds is 3. The fraction of sp³-hybridized carbons (Fsp3) is 0.308. The number of aromatic nitrogens is 2. The summed E-state index contributed by atoms with van der Waals surface area (Å²) in [5.41, 5.74) is 9.85. The summed E-state index contributed by atoms with van der Waals surface area (Å²) in [4.78, 5) is 0. The van der Waals surface area contributed by atoms with Crippen molar-refractivity contribution in [2.75, 3.05) is 11.1 Å². The predicted octanol–water partition coefficient (Wildman–Crippen LogP) is 2.85. The van der Waals surface area contributed by atoms with Gasteiger partial charge in [-0.25, -0.2) is 4.68 Å². The van der Waals surface area contributed by atoms with Crippen LogP contribution in [0.5, 0.6) is 0 Å². The minimum atomic E-state index is 0.715. The monoisotopic (exact) mass is 230 g/mol. The molecule has 0 amide bonds. The van der Waals surface area contributed by atoms with Crippen molar-refractivity contribution in [3.63, 3.8) is 0 Å². The van der Waals surface area contributed by atoms with Crippen molar-refractivity contribution in [2.45, 2.75) is 27.3 Å². The molecular weight excluding hydrogens is 212 g/mol. The predicted molar refractivity (Wildman–Crippen MR) is 71.5 cm³/mol. The summed E-state index contributed by atoms with van der Waals surface area (Å²) in [7, 11) is 0. The summed E-state index contributed by atoms with van der Waals surface area (Å²) in [6, 6.07) is 8.21. The molecule has 0 fully saturated rings. The lowest BCUT2D eigenvalue weighted by Gasteiger charge is -2.09. The molecule has 2 rings (SSSR count). The van der Waals surface area contributed by atoms with Gasteiger partial charge in [0, 0.05) is 12.2 Å². The number of anilines is 3. The van der Waals surface area contributed by atoms with Crippen LogP contribution in [0.1, 0.15) is 18.2 Å². The Morgan fingerprint density at radius 1 is 1.24 bits per heavy atom. The van der Waals surface area contributed by atoms with Gasteiger partial charge in [-0.15, -0.1) is 0 Å². The van der Waals surface area contributed by atoms with Gasteiger partial charge in [-0.3, -0.25) is 0 Å². The van der Waals surface area contributed by atoms with E-state index in [1.807, 2.05) is 30.7 Å². The highest BCUT2D eigenvalue weighted by Gasteiger charge is 2.11. The van der Waals surface area contributed by atoms with Gasteiger partial charge >= 0.3 is 0 Å². The van der Waals surface area contributed by atoms with E-state index in [0.29, 0.717) is 5.69 Å². The first-order valence-electron chi connectivity index (χ1n) is 5.78. The van der Waals surface area contributed by atoms with E-state index in [1.54, 1.807) is 0 Å². The number of nitrogens with one attached hydrogen (secondary N) is 1. The minimum Gasteiger partial charge on any atom is -0.394 e. The Morgan fingerprint density at radius 3 is 2.47 bits per heavy atom. The maximum absolute atomic E-state index is 6.01. The van der Waals surface area contributed by atoms with Crippen molar-refractivity contribution in [3.05, 3.63) is 35.5 Å². The molecule has 4 nitrogen and oxygen atoms in total. The second-order valence-corrected chi connectivity index (χ2v) is 4.15. The Labute approximate surface area is 101 Å². The molecule has 0 bridgehead atoms. The molecular formula is C13H18N4. The van der Waals surface area contributed by atoms with E-state index in [9.17, 15) is 0 Å². The van der Waals surface area contributed by atoms with E-state index in [4.69, 9.17) is 5.73 Å². The number of hydrogen-bond acceptors (Lipinski definition) is 3. The highest BCUT2D eigenvalue weighted by Crippen LogP contribution is 2.25. The summed E-state index contributed by atoms with van der Waals surface area (Å²) in [6.07, 6.45) is 0. The highest BCUT2D eigenvalue weighted by molar-refractivity contribution is 5.71. The van der Waals surface area contributed by atoms with Crippen molar-refractivity contribution in [2.24, 2.45) is 0 Å². The molecule has 90 valence electrons. The van der Waals surface area contributed by atoms with Crippen LogP contribution in [0.25, 0.3) is 0 Å². The summed E-state index contributed by atoms with van der Waals surface area (Å²) < 4.78 is 1.88. The van der Waals surface area contributed by atoms with Crippen molar-refractivity contribution in [1.29, 1.82) is 0 Å². The lowest BCUT2D eigenvalue weighted by Crippen LogP contribution is -2.04. The second kappa shape index (κ2) is 4.49. The van der Waals surface area contributed by atoms with Crippen molar-refractivity contribution in [3.8, 4) is 0 Å². The molecule has 0 saturated heterocycles. The molecule has 0 radical (unpaired) electrons. The molecule has 0 saturated carbocycles. The van der Waals surface area contributed by atoms with Gasteiger partial charge in [0.1, 0.15) is 0 Å². The van der Waals surface area contributed by atoms with E-state index in [1.165, 1.54) is 5.56 Å². The van der Waals surface area contributed by atoms with E-state index in [2.05, 4.69) is 29.5 Å². The zero-order valence-corrected chi connectivity index (χ0v) is 10.5. The maximum atomic E-state index is 6.01. The third kappa shape index (κ3) is 2.25. The summed E-state index contributed by atoms with van der Waals surface area (Å²) in [6.45, 7) is 6.83. The van der Waals surface area contributed by atoms with E-state index >= 15 is 0 Å². The molecule has 17 heavy (non-hydrogen) atoms. The van der Waals surface area contributed by atoms with Crippen LogP contribution in [0.2, 0.25) is 0 Å². The van der Waals surface area contributed by atoms with Crippen LogP contribution < -0.4 is 11.1 Å². The van der Waals surface area contributed by atoms with E-state index in [0.717, 1.165) is 23.7 Å². The van der Waals surface area contributed by atoms with Crippen LogP contribution >= 0.6 is 0 Å².